The van der Waals surface area contributed by atoms with Gasteiger partial charge in [-0.25, -0.2) is 0 Å². The van der Waals surface area contributed by atoms with Gasteiger partial charge < -0.3 is 31.2 Å². The van der Waals surface area contributed by atoms with E-state index in [2.05, 4.69) is 0 Å². The van der Waals surface area contributed by atoms with Crippen molar-refractivity contribution in [2.75, 3.05) is 25.7 Å². The van der Waals surface area contributed by atoms with Gasteiger partial charge in [0.15, 0.2) is 5.75 Å². The Morgan fingerprint density at radius 2 is 1.46 bits per heavy atom. The number of ether oxygens (including phenoxy) is 2. The minimum absolute atomic E-state index is 0.184. The van der Waals surface area contributed by atoms with E-state index in [-0.39, 0.29) is 13.2 Å². The van der Waals surface area contributed by atoms with E-state index in [1.54, 1.807) is 24.3 Å². The topological polar surface area (TPSA) is 111 Å². The van der Waals surface area contributed by atoms with Crippen molar-refractivity contribution in [3.05, 3.63) is 46.5 Å². The van der Waals surface area contributed by atoms with Crippen molar-refractivity contribution in [2.45, 2.75) is 13.2 Å². The smallest absolute Gasteiger partial charge is 0.164 e. The largest absolute Gasteiger partial charge is 0.496 e. The molecule has 0 spiro atoms. The third-order valence-electron chi connectivity index (χ3n) is 3.71. The summed E-state index contributed by atoms with van der Waals surface area (Å²) in [5, 5.41) is 18.9. The summed E-state index contributed by atoms with van der Waals surface area (Å²) in [6.45, 7) is -0.384. The van der Waals surface area contributed by atoms with Crippen LogP contribution in [0, 0.1) is 0 Å². The van der Waals surface area contributed by atoms with E-state index in [1.807, 2.05) is 12.2 Å². The first kappa shape index (κ1) is 17.7. The van der Waals surface area contributed by atoms with E-state index in [9.17, 15) is 10.2 Å². The van der Waals surface area contributed by atoms with Crippen molar-refractivity contribution in [3.63, 3.8) is 0 Å². The lowest BCUT2D eigenvalue weighted by Crippen LogP contribution is -1.99. The lowest BCUT2D eigenvalue weighted by atomic mass is 10.0. The first-order valence-electron chi connectivity index (χ1n) is 7.36. The molecule has 0 amide bonds. The molecule has 0 saturated heterocycles. The number of methoxy groups -OCH3 is 2. The summed E-state index contributed by atoms with van der Waals surface area (Å²) in [6, 6.07) is 7.11. The van der Waals surface area contributed by atoms with Crippen molar-refractivity contribution in [2.24, 2.45) is 0 Å². The van der Waals surface area contributed by atoms with Gasteiger partial charge in [0.1, 0.15) is 5.75 Å². The second-order valence-electron chi connectivity index (χ2n) is 5.24. The molecule has 24 heavy (non-hydrogen) atoms. The van der Waals surface area contributed by atoms with Crippen LogP contribution in [-0.4, -0.2) is 24.4 Å². The van der Waals surface area contributed by atoms with Crippen LogP contribution in [0.2, 0.25) is 0 Å². The third kappa shape index (κ3) is 3.61. The Morgan fingerprint density at radius 3 is 1.92 bits per heavy atom. The number of nitrogen functional groups attached to an aromatic ring is 2. The maximum absolute atomic E-state index is 9.47. The molecule has 2 rings (SSSR count). The van der Waals surface area contributed by atoms with Gasteiger partial charge in [0.25, 0.3) is 0 Å². The normalized spacial score (nSPS) is 11.0. The first-order chi connectivity index (χ1) is 11.5. The summed E-state index contributed by atoms with van der Waals surface area (Å²) in [7, 11) is 3.04. The lowest BCUT2D eigenvalue weighted by molar-refractivity contribution is 0.254. The van der Waals surface area contributed by atoms with Crippen LogP contribution in [-0.2, 0) is 13.2 Å². The predicted octanol–water partition coefficient (Wildman–Crippen LogP) is 2.02. The molecule has 0 aromatic heterocycles. The van der Waals surface area contributed by atoms with Crippen LogP contribution in [0.4, 0.5) is 11.4 Å². The summed E-state index contributed by atoms with van der Waals surface area (Å²) in [5.41, 5.74) is 15.6. The number of hydrogen-bond donors (Lipinski definition) is 4. The van der Waals surface area contributed by atoms with Crippen LogP contribution in [0.5, 0.6) is 11.5 Å². The van der Waals surface area contributed by atoms with E-state index in [0.717, 1.165) is 11.1 Å². The fourth-order valence-corrected chi connectivity index (χ4v) is 2.55. The van der Waals surface area contributed by atoms with E-state index >= 15 is 0 Å². The molecule has 0 atom stereocenters. The molecule has 0 heterocycles. The minimum atomic E-state index is -0.200. The molecule has 0 aliphatic heterocycles. The molecule has 0 aliphatic carbocycles. The molecule has 0 unspecified atom stereocenters. The lowest BCUT2D eigenvalue weighted by Gasteiger charge is -2.12. The molecule has 0 aliphatic rings. The molecule has 2 aromatic rings. The van der Waals surface area contributed by atoms with Crippen LogP contribution in [0.1, 0.15) is 22.3 Å². The third-order valence-corrected chi connectivity index (χ3v) is 3.71. The number of hydrogen-bond acceptors (Lipinski definition) is 6. The maximum atomic E-state index is 9.47. The Bertz CT molecular complexity index is 709. The van der Waals surface area contributed by atoms with E-state index in [4.69, 9.17) is 20.9 Å². The monoisotopic (exact) mass is 330 g/mol. The van der Waals surface area contributed by atoms with Crippen LogP contribution in [0.3, 0.4) is 0 Å². The Kier molecular flexibility index (Phi) is 5.68. The van der Waals surface area contributed by atoms with Crippen molar-refractivity contribution >= 4 is 23.5 Å². The molecule has 6 N–H and O–H groups in total. The summed E-state index contributed by atoms with van der Waals surface area (Å²) in [5.74, 6) is 0.987. The molecule has 0 bridgehead atoms. The SMILES string of the molecule is COc1cc(/C=C\c2cc(N)c(OC)c(N)c2)cc(CO)c1CO. The number of anilines is 2. The van der Waals surface area contributed by atoms with Crippen molar-refractivity contribution in [1.29, 1.82) is 0 Å². The fourth-order valence-electron chi connectivity index (χ4n) is 2.55. The van der Waals surface area contributed by atoms with E-state index in [0.29, 0.717) is 34.0 Å². The van der Waals surface area contributed by atoms with Gasteiger partial charge in [-0.3, -0.25) is 0 Å². The standard InChI is InChI=1S/C18H22N2O4/c1-23-17-8-11(5-13(9-21)14(17)10-22)3-4-12-6-15(19)18(24-2)16(20)7-12/h3-8,21-22H,9-10,19-20H2,1-2H3/b4-3-. The average Bonchev–Trinajstić information content (AvgIpc) is 2.58. The van der Waals surface area contributed by atoms with E-state index in [1.165, 1.54) is 14.2 Å². The van der Waals surface area contributed by atoms with Crippen LogP contribution >= 0.6 is 0 Å². The number of nitrogens with two attached hydrogens (primary N) is 2. The molecule has 2 aromatic carbocycles. The Morgan fingerprint density at radius 1 is 0.875 bits per heavy atom. The molecule has 0 fully saturated rings. The highest BCUT2D eigenvalue weighted by atomic mass is 16.5. The Hall–Kier alpha value is -2.70. The van der Waals surface area contributed by atoms with Gasteiger partial charge >= 0.3 is 0 Å². The quantitative estimate of drug-likeness (QED) is 0.476. The van der Waals surface area contributed by atoms with Gasteiger partial charge in [0.05, 0.1) is 38.8 Å². The zero-order chi connectivity index (χ0) is 17.7. The minimum Gasteiger partial charge on any atom is -0.496 e. The van der Waals surface area contributed by atoms with Gasteiger partial charge in [0.2, 0.25) is 0 Å². The molecular formula is C18H22N2O4. The Balaban J connectivity index is 2.39. The first-order valence-corrected chi connectivity index (χ1v) is 7.36. The molecule has 0 saturated carbocycles. The van der Waals surface area contributed by atoms with Gasteiger partial charge in [-0.15, -0.1) is 0 Å². The summed E-state index contributed by atoms with van der Waals surface area (Å²) >= 11 is 0. The van der Waals surface area contributed by atoms with Gasteiger partial charge in [-0.05, 0) is 41.0 Å². The van der Waals surface area contributed by atoms with Crippen LogP contribution < -0.4 is 20.9 Å². The van der Waals surface area contributed by atoms with Gasteiger partial charge in [-0.2, -0.15) is 0 Å². The van der Waals surface area contributed by atoms with Gasteiger partial charge in [0, 0.05) is 5.56 Å². The zero-order valence-electron chi connectivity index (χ0n) is 13.7. The van der Waals surface area contributed by atoms with Crippen molar-refractivity contribution < 1.29 is 19.7 Å². The summed E-state index contributed by atoms with van der Waals surface area (Å²) in [4.78, 5) is 0. The molecular weight excluding hydrogens is 308 g/mol. The molecule has 0 radical (unpaired) electrons. The predicted molar refractivity (Wildman–Crippen MR) is 95.6 cm³/mol. The van der Waals surface area contributed by atoms with Gasteiger partial charge in [-0.1, -0.05) is 12.2 Å². The number of aliphatic hydroxyl groups excluding tert-OH is 2. The van der Waals surface area contributed by atoms with Crippen molar-refractivity contribution in [3.8, 4) is 11.5 Å². The number of rotatable bonds is 6. The second-order valence-corrected chi connectivity index (χ2v) is 5.24. The molecule has 6 heteroatoms. The second kappa shape index (κ2) is 7.72. The van der Waals surface area contributed by atoms with Crippen LogP contribution in [0.25, 0.3) is 12.2 Å². The van der Waals surface area contributed by atoms with E-state index < -0.39 is 0 Å². The molecule has 6 nitrogen and oxygen atoms in total. The average molecular weight is 330 g/mol. The number of benzene rings is 2. The van der Waals surface area contributed by atoms with Crippen molar-refractivity contribution in [1.82, 2.24) is 0 Å². The highest BCUT2D eigenvalue weighted by Gasteiger charge is 2.10. The number of aliphatic hydroxyl groups is 2. The highest BCUT2D eigenvalue weighted by Crippen LogP contribution is 2.31. The highest BCUT2D eigenvalue weighted by molar-refractivity contribution is 5.78. The maximum Gasteiger partial charge on any atom is 0.164 e. The summed E-state index contributed by atoms with van der Waals surface area (Å²) in [6.07, 6.45) is 3.70. The Labute approximate surface area is 140 Å². The summed E-state index contributed by atoms with van der Waals surface area (Å²) < 4.78 is 10.4. The van der Waals surface area contributed by atoms with Crippen LogP contribution in [0.15, 0.2) is 24.3 Å². The zero-order valence-corrected chi connectivity index (χ0v) is 13.7. The fraction of sp³-hybridized carbons (Fsp3) is 0.222. The molecule has 128 valence electrons.